The predicted octanol–water partition coefficient (Wildman–Crippen LogP) is 3.67. The first-order valence-corrected chi connectivity index (χ1v) is 9.02. The number of hydrogen-bond donors (Lipinski definition) is 2. The van der Waals surface area contributed by atoms with Crippen molar-refractivity contribution in [2.24, 2.45) is 0 Å². The van der Waals surface area contributed by atoms with Gasteiger partial charge in [0, 0.05) is 0 Å². The van der Waals surface area contributed by atoms with E-state index in [0.29, 0.717) is 0 Å². The lowest BCUT2D eigenvalue weighted by molar-refractivity contribution is -0.157. The van der Waals surface area contributed by atoms with Gasteiger partial charge in [0.2, 0.25) is 0 Å². The minimum atomic E-state index is -1.00. The van der Waals surface area contributed by atoms with Crippen molar-refractivity contribution < 1.29 is 19.4 Å². The topological polar surface area (TPSA) is 75.6 Å². The third-order valence-electron chi connectivity index (χ3n) is 4.01. The summed E-state index contributed by atoms with van der Waals surface area (Å²) >= 11 is 0. The number of hydrogen-bond acceptors (Lipinski definition) is 4. The molecule has 27 heavy (non-hydrogen) atoms. The highest BCUT2D eigenvalue weighted by atomic mass is 16.6. The molecule has 2 atom stereocenters. The number of ether oxygens (including phenoxy) is 1. The molecule has 5 heteroatoms. The fourth-order valence-corrected chi connectivity index (χ4v) is 2.68. The molecule has 2 aromatic rings. The van der Waals surface area contributed by atoms with Crippen LogP contribution in [0.3, 0.4) is 0 Å². The van der Waals surface area contributed by atoms with Gasteiger partial charge in [-0.3, -0.25) is 14.9 Å². The minimum absolute atomic E-state index is 0.275. The summed E-state index contributed by atoms with van der Waals surface area (Å²) in [5.41, 5.74) is 2.45. The van der Waals surface area contributed by atoms with E-state index in [1.54, 1.807) is 27.7 Å². The first-order chi connectivity index (χ1) is 12.7. The van der Waals surface area contributed by atoms with E-state index in [0.717, 1.165) is 16.7 Å². The summed E-state index contributed by atoms with van der Waals surface area (Å²) < 4.78 is 5.30. The first-order valence-electron chi connectivity index (χ1n) is 9.02. The summed E-state index contributed by atoms with van der Waals surface area (Å²) in [6.07, 6.45) is 0.275. The van der Waals surface area contributed by atoms with Gasteiger partial charge >= 0.3 is 11.9 Å². The van der Waals surface area contributed by atoms with Crippen molar-refractivity contribution >= 4 is 11.9 Å². The molecule has 0 aliphatic carbocycles. The molecule has 0 radical (unpaired) electrons. The molecule has 2 aromatic carbocycles. The lowest BCUT2D eigenvalue weighted by Gasteiger charge is -2.24. The van der Waals surface area contributed by atoms with Crippen LogP contribution in [0.4, 0.5) is 0 Å². The van der Waals surface area contributed by atoms with Crippen molar-refractivity contribution in [3.05, 3.63) is 60.2 Å². The van der Waals surface area contributed by atoms with Gasteiger partial charge in [-0.15, -0.1) is 0 Å². The van der Waals surface area contributed by atoms with Gasteiger partial charge in [-0.2, -0.15) is 0 Å². The van der Waals surface area contributed by atoms with Crippen LogP contribution < -0.4 is 5.32 Å². The van der Waals surface area contributed by atoms with Crippen molar-refractivity contribution in [2.75, 3.05) is 0 Å². The summed E-state index contributed by atoms with van der Waals surface area (Å²) in [6, 6.07) is 16.2. The van der Waals surface area contributed by atoms with E-state index < -0.39 is 29.6 Å². The molecule has 0 spiro atoms. The van der Waals surface area contributed by atoms with Crippen molar-refractivity contribution in [2.45, 2.75) is 51.8 Å². The number of nitrogens with one attached hydrogen (secondary N) is 1. The van der Waals surface area contributed by atoms with Crippen LogP contribution in [0.15, 0.2) is 54.6 Å². The second-order valence-corrected chi connectivity index (χ2v) is 7.58. The highest BCUT2D eigenvalue weighted by Gasteiger charge is 2.27. The Morgan fingerprint density at radius 1 is 1.00 bits per heavy atom. The first kappa shape index (κ1) is 20.6. The molecule has 0 bridgehead atoms. The number of carboxylic acids is 1. The number of benzene rings is 2. The summed E-state index contributed by atoms with van der Waals surface area (Å²) in [5.74, 6) is -1.47. The van der Waals surface area contributed by atoms with Crippen LogP contribution in [-0.2, 0) is 20.7 Å². The third kappa shape index (κ3) is 6.53. The quantitative estimate of drug-likeness (QED) is 0.729. The molecular formula is C22H27NO4. The van der Waals surface area contributed by atoms with Gasteiger partial charge in [-0.1, -0.05) is 54.6 Å². The van der Waals surface area contributed by atoms with E-state index in [9.17, 15) is 14.7 Å². The zero-order chi connectivity index (χ0) is 20.0. The summed E-state index contributed by atoms with van der Waals surface area (Å²) in [5, 5.41) is 12.4. The van der Waals surface area contributed by atoms with Gasteiger partial charge in [0.25, 0.3) is 0 Å². The Labute approximate surface area is 160 Å². The number of carboxylic acid groups (broad SMARTS) is 1. The predicted molar refractivity (Wildman–Crippen MR) is 105 cm³/mol. The molecule has 0 saturated heterocycles. The van der Waals surface area contributed by atoms with Crippen LogP contribution in [0.25, 0.3) is 11.1 Å². The molecule has 0 heterocycles. The highest BCUT2D eigenvalue weighted by Crippen LogP contribution is 2.20. The van der Waals surface area contributed by atoms with Crippen LogP contribution in [0.5, 0.6) is 0 Å². The fourth-order valence-electron chi connectivity index (χ4n) is 2.68. The lowest BCUT2D eigenvalue weighted by atomic mass is 10.0. The van der Waals surface area contributed by atoms with E-state index in [4.69, 9.17) is 4.74 Å². The molecular weight excluding hydrogens is 342 g/mol. The number of esters is 1. The van der Waals surface area contributed by atoms with E-state index in [1.165, 1.54) is 0 Å². The minimum Gasteiger partial charge on any atom is -0.480 e. The summed E-state index contributed by atoms with van der Waals surface area (Å²) in [4.78, 5) is 23.7. The average molecular weight is 369 g/mol. The summed E-state index contributed by atoms with van der Waals surface area (Å²) in [6.45, 7) is 6.95. The van der Waals surface area contributed by atoms with Crippen molar-refractivity contribution in [3.63, 3.8) is 0 Å². The second-order valence-electron chi connectivity index (χ2n) is 7.58. The van der Waals surface area contributed by atoms with Crippen molar-refractivity contribution in [3.8, 4) is 11.1 Å². The largest absolute Gasteiger partial charge is 0.480 e. The molecule has 0 amide bonds. The highest BCUT2D eigenvalue weighted by molar-refractivity contribution is 5.79. The van der Waals surface area contributed by atoms with E-state index in [2.05, 4.69) is 5.32 Å². The zero-order valence-corrected chi connectivity index (χ0v) is 16.2. The Morgan fingerprint density at radius 3 is 2.07 bits per heavy atom. The van der Waals surface area contributed by atoms with Gasteiger partial charge in [0.15, 0.2) is 0 Å². The van der Waals surface area contributed by atoms with E-state index >= 15 is 0 Å². The molecule has 0 unspecified atom stereocenters. The maximum absolute atomic E-state index is 12.1. The van der Waals surface area contributed by atoms with Gasteiger partial charge in [0.05, 0.1) is 0 Å². The monoisotopic (exact) mass is 369 g/mol. The smallest absolute Gasteiger partial charge is 0.323 e. The Morgan fingerprint density at radius 2 is 1.56 bits per heavy atom. The molecule has 144 valence electrons. The zero-order valence-electron chi connectivity index (χ0n) is 16.2. The average Bonchev–Trinajstić information content (AvgIpc) is 2.61. The normalized spacial score (nSPS) is 13.6. The van der Waals surface area contributed by atoms with Crippen LogP contribution in [0.1, 0.15) is 33.3 Å². The van der Waals surface area contributed by atoms with Gasteiger partial charge < -0.3 is 9.84 Å². The van der Waals surface area contributed by atoms with Crippen LogP contribution in [0, 0.1) is 0 Å². The van der Waals surface area contributed by atoms with Gasteiger partial charge in [-0.25, -0.2) is 0 Å². The molecule has 2 N–H and O–H groups in total. The third-order valence-corrected chi connectivity index (χ3v) is 4.01. The van der Waals surface area contributed by atoms with Crippen LogP contribution in [-0.4, -0.2) is 34.7 Å². The molecule has 0 fully saturated rings. The van der Waals surface area contributed by atoms with Gasteiger partial charge in [0.1, 0.15) is 17.7 Å². The maximum atomic E-state index is 12.1. The summed E-state index contributed by atoms with van der Waals surface area (Å²) in [7, 11) is 0. The molecule has 0 saturated carbocycles. The lowest BCUT2D eigenvalue weighted by Crippen LogP contribution is -2.48. The number of carbonyl (C=O) groups excluding carboxylic acids is 1. The SMILES string of the molecule is C[C@H](N[C@@H](Cc1ccc(-c2ccccc2)cc1)C(=O)O)C(=O)OC(C)(C)C. The molecule has 0 aliphatic heterocycles. The number of carbonyl (C=O) groups is 2. The van der Waals surface area contributed by atoms with Gasteiger partial charge in [-0.05, 0) is 50.8 Å². The van der Waals surface area contributed by atoms with E-state index in [-0.39, 0.29) is 6.42 Å². The second kappa shape index (κ2) is 8.82. The van der Waals surface area contributed by atoms with Crippen LogP contribution in [0.2, 0.25) is 0 Å². The Kier molecular flexibility index (Phi) is 6.75. The standard InChI is InChI=1S/C22H27NO4/c1-15(21(26)27-22(2,3)4)23-19(20(24)25)14-16-10-12-18(13-11-16)17-8-6-5-7-9-17/h5-13,15,19,23H,14H2,1-4H3,(H,24,25)/t15-,19-/m0/s1. The Bertz CT molecular complexity index is 763. The van der Waals surface area contributed by atoms with Crippen molar-refractivity contribution in [1.29, 1.82) is 0 Å². The molecule has 0 aromatic heterocycles. The maximum Gasteiger partial charge on any atom is 0.323 e. The Balaban J connectivity index is 2.03. The number of rotatable bonds is 7. The number of aliphatic carboxylic acids is 1. The molecule has 2 rings (SSSR count). The van der Waals surface area contributed by atoms with Crippen molar-refractivity contribution in [1.82, 2.24) is 5.32 Å². The Hall–Kier alpha value is -2.66. The van der Waals surface area contributed by atoms with E-state index in [1.807, 2.05) is 54.6 Å². The molecule has 5 nitrogen and oxygen atoms in total. The molecule has 0 aliphatic rings. The fraction of sp³-hybridized carbons (Fsp3) is 0.364. The van der Waals surface area contributed by atoms with Crippen LogP contribution >= 0.6 is 0 Å².